The summed E-state index contributed by atoms with van der Waals surface area (Å²) >= 11 is 0. The van der Waals surface area contributed by atoms with E-state index in [-0.39, 0.29) is 30.5 Å². The summed E-state index contributed by atoms with van der Waals surface area (Å²) in [5, 5.41) is 19.7. The average Bonchev–Trinajstić information content (AvgIpc) is 3.24. The van der Waals surface area contributed by atoms with Gasteiger partial charge in [0.1, 0.15) is 0 Å². The molecule has 0 saturated heterocycles. The standard InChI is InChI=1S/C14H16N2O5/c1-9-2-5-11(16(20)21)8-12(9)15(7-6-13(17)18)14(19)10-3-4-10/h2,5,8,10H,3-4,6-7H2,1H3,(H,17,18). The van der Waals surface area contributed by atoms with E-state index in [4.69, 9.17) is 5.11 Å². The van der Waals surface area contributed by atoms with E-state index in [9.17, 15) is 19.7 Å². The maximum atomic E-state index is 12.3. The van der Waals surface area contributed by atoms with Crippen LogP contribution in [0.4, 0.5) is 11.4 Å². The van der Waals surface area contributed by atoms with Gasteiger partial charge >= 0.3 is 5.97 Å². The molecule has 7 heteroatoms. The highest BCUT2D eigenvalue weighted by molar-refractivity contribution is 5.97. The molecule has 7 nitrogen and oxygen atoms in total. The largest absolute Gasteiger partial charge is 0.481 e. The van der Waals surface area contributed by atoms with Gasteiger partial charge in [-0.2, -0.15) is 0 Å². The Morgan fingerprint density at radius 1 is 1.43 bits per heavy atom. The lowest BCUT2D eigenvalue weighted by Crippen LogP contribution is -2.34. The molecule has 1 aromatic carbocycles. The van der Waals surface area contributed by atoms with Gasteiger partial charge in [-0.15, -0.1) is 0 Å². The molecule has 2 rings (SSSR count). The summed E-state index contributed by atoms with van der Waals surface area (Å²) in [5.74, 6) is -1.25. The molecule has 112 valence electrons. The summed E-state index contributed by atoms with van der Waals surface area (Å²) in [6, 6.07) is 4.27. The van der Waals surface area contributed by atoms with E-state index < -0.39 is 10.9 Å². The number of carboxylic acid groups (broad SMARTS) is 1. The lowest BCUT2D eigenvalue weighted by molar-refractivity contribution is -0.384. The number of carbonyl (C=O) groups is 2. The Hall–Kier alpha value is -2.44. The Bertz CT molecular complexity index is 595. The predicted octanol–water partition coefficient (Wildman–Crippen LogP) is 2.12. The fraction of sp³-hybridized carbons (Fsp3) is 0.429. The van der Waals surface area contributed by atoms with Crippen LogP contribution < -0.4 is 4.90 Å². The van der Waals surface area contributed by atoms with Gasteiger partial charge in [0.25, 0.3) is 5.69 Å². The van der Waals surface area contributed by atoms with Crippen molar-refractivity contribution in [3.63, 3.8) is 0 Å². The number of carbonyl (C=O) groups excluding carboxylic acids is 1. The number of non-ortho nitro benzene ring substituents is 1. The number of nitrogens with zero attached hydrogens (tertiary/aromatic N) is 2. The molecule has 0 bridgehead atoms. The molecular weight excluding hydrogens is 276 g/mol. The van der Waals surface area contributed by atoms with Crippen molar-refractivity contribution in [2.24, 2.45) is 5.92 Å². The number of hydrogen-bond acceptors (Lipinski definition) is 4. The van der Waals surface area contributed by atoms with Gasteiger partial charge in [0.05, 0.1) is 17.0 Å². The van der Waals surface area contributed by atoms with Crippen LogP contribution in [0.25, 0.3) is 0 Å². The molecule has 1 aliphatic rings. The van der Waals surface area contributed by atoms with Crippen LogP contribution in [0.2, 0.25) is 0 Å². The van der Waals surface area contributed by atoms with Crippen molar-refractivity contribution in [2.75, 3.05) is 11.4 Å². The normalized spacial score (nSPS) is 13.8. The number of nitro benzene ring substituents is 1. The second-order valence-electron chi connectivity index (χ2n) is 5.14. The zero-order valence-corrected chi connectivity index (χ0v) is 11.6. The highest BCUT2D eigenvalue weighted by atomic mass is 16.6. The first kappa shape index (κ1) is 15.0. The van der Waals surface area contributed by atoms with Gasteiger partial charge < -0.3 is 10.0 Å². The second kappa shape index (κ2) is 5.90. The zero-order chi connectivity index (χ0) is 15.6. The summed E-state index contributed by atoms with van der Waals surface area (Å²) in [6.45, 7) is 1.76. The number of rotatable bonds is 6. The molecule has 0 unspecified atom stereocenters. The average molecular weight is 292 g/mol. The molecular formula is C14H16N2O5. The summed E-state index contributed by atoms with van der Waals surface area (Å²) in [6.07, 6.45) is 1.38. The van der Waals surface area contributed by atoms with Gasteiger partial charge in [-0.25, -0.2) is 0 Å². The fourth-order valence-electron chi connectivity index (χ4n) is 2.11. The summed E-state index contributed by atoms with van der Waals surface area (Å²) in [4.78, 5) is 34.8. The highest BCUT2D eigenvalue weighted by Gasteiger charge is 2.35. The fourth-order valence-corrected chi connectivity index (χ4v) is 2.11. The van der Waals surface area contributed by atoms with E-state index in [1.165, 1.54) is 17.0 Å². The summed E-state index contributed by atoms with van der Waals surface area (Å²) < 4.78 is 0. The Morgan fingerprint density at radius 2 is 2.10 bits per heavy atom. The first-order valence-corrected chi connectivity index (χ1v) is 6.68. The van der Waals surface area contributed by atoms with Gasteiger partial charge in [-0.3, -0.25) is 19.7 Å². The first-order chi connectivity index (χ1) is 9.90. The molecule has 1 saturated carbocycles. The van der Waals surface area contributed by atoms with Crippen molar-refractivity contribution in [1.82, 2.24) is 0 Å². The third-order valence-electron chi connectivity index (χ3n) is 3.44. The Balaban J connectivity index is 2.34. The molecule has 1 aromatic rings. The summed E-state index contributed by atoms with van der Waals surface area (Å²) in [5.41, 5.74) is 1.02. The smallest absolute Gasteiger partial charge is 0.305 e. The highest BCUT2D eigenvalue weighted by Crippen LogP contribution is 2.34. The number of amides is 1. The zero-order valence-electron chi connectivity index (χ0n) is 11.6. The monoisotopic (exact) mass is 292 g/mol. The molecule has 1 fully saturated rings. The van der Waals surface area contributed by atoms with E-state index in [2.05, 4.69) is 0 Å². The van der Waals surface area contributed by atoms with E-state index >= 15 is 0 Å². The number of aliphatic carboxylic acids is 1. The van der Waals surface area contributed by atoms with Crippen LogP contribution in [0, 0.1) is 23.0 Å². The molecule has 1 N–H and O–H groups in total. The van der Waals surface area contributed by atoms with Gasteiger partial charge in [0, 0.05) is 24.6 Å². The van der Waals surface area contributed by atoms with Crippen molar-refractivity contribution < 1.29 is 19.6 Å². The maximum Gasteiger partial charge on any atom is 0.305 e. The van der Waals surface area contributed by atoms with E-state index in [1.807, 2.05) is 0 Å². The van der Waals surface area contributed by atoms with Crippen LogP contribution in [-0.2, 0) is 9.59 Å². The molecule has 0 spiro atoms. The third-order valence-corrected chi connectivity index (χ3v) is 3.44. The van der Waals surface area contributed by atoms with Crippen LogP contribution >= 0.6 is 0 Å². The first-order valence-electron chi connectivity index (χ1n) is 6.68. The maximum absolute atomic E-state index is 12.3. The van der Waals surface area contributed by atoms with E-state index in [1.54, 1.807) is 13.0 Å². The molecule has 21 heavy (non-hydrogen) atoms. The quantitative estimate of drug-likeness (QED) is 0.639. The van der Waals surface area contributed by atoms with Crippen LogP contribution in [0.3, 0.4) is 0 Å². The Kier molecular flexibility index (Phi) is 4.21. The van der Waals surface area contributed by atoms with Crippen molar-refractivity contribution >= 4 is 23.3 Å². The van der Waals surface area contributed by atoms with Gasteiger partial charge in [-0.1, -0.05) is 6.07 Å². The van der Waals surface area contributed by atoms with Crippen molar-refractivity contribution in [3.8, 4) is 0 Å². The molecule has 1 amide bonds. The number of benzene rings is 1. The number of hydrogen-bond donors (Lipinski definition) is 1. The van der Waals surface area contributed by atoms with Gasteiger partial charge in [0.15, 0.2) is 0 Å². The number of carboxylic acids is 1. The molecule has 0 heterocycles. The minimum atomic E-state index is -1.01. The molecule has 1 aliphatic carbocycles. The minimum Gasteiger partial charge on any atom is -0.481 e. The molecule has 0 aromatic heterocycles. The lowest BCUT2D eigenvalue weighted by atomic mass is 10.1. The number of nitro groups is 1. The van der Waals surface area contributed by atoms with Crippen LogP contribution in [0.1, 0.15) is 24.8 Å². The SMILES string of the molecule is Cc1ccc([N+](=O)[O-])cc1N(CCC(=O)O)C(=O)C1CC1. The van der Waals surface area contributed by atoms with Crippen molar-refractivity contribution in [1.29, 1.82) is 0 Å². The van der Waals surface area contributed by atoms with Gasteiger partial charge in [0.2, 0.25) is 5.91 Å². The van der Waals surface area contributed by atoms with Crippen LogP contribution in [-0.4, -0.2) is 28.5 Å². The van der Waals surface area contributed by atoms with Gasteiger partial charge in [-0.05, 0) is 25.3 Å². The lowest BCUT2D eigenvalue weighted by Gasteiger charge is -2.23. The Labute approximate surface area is 121 Å². The predicted molar refractivity (Wildman–Crippen MR) is 75.2 cm³/mol. The van der Waals surface area contributed by atoms with Crippen molar-refractivity contribution in [2.45, 2.75) is 26.2 Å². The molecule has 0 atom stereocenters. The minimum absolute atomic E-state index is 0.0205. The van der Waals surface area contributed by atoms with E-state index in [0.29, 0.717) is 11.3 Å². The van der Waals surface area contributed by atoms with Crippen molar-refractivity contribution in [3.05, 3.63) is 33.9 Å². The van der Waals surface area contributed by atoms with Crippen LogP contribution in [0.5, 0.6) is 0 Å². The number of anilines is 1. The third kappa shape index (κ3) is 3.56. The van der Waals surface area contributed by atoms with E-state index in [0.717, 1.165) is 12.8 Å². The number of aryl methyl sites for hydroxylation is 1. The second-order valence-corrected chi connectivity index (χ2v) is 5.14. The molecule has 0 radical (unpaired) electrons. The Morgan fingerprint density at radius 3 is 2.62 bits per heavy atom. The topological polar surface area (TPSA) is 101 Å². The molecule has 0 aliphatic heterocycles. The van der Waals surface area contributed by atoms with Crippen LogP contribution in [0.15, 0.2) is 18.2 Å². The summed E-state index contributed by atoms with van der Waals surface area (Å²) in [7, 11) is 0.